The van der Waals surface area contributed by atoms with Crippen molar-refractivity contribution in [3.63, 3.8) is 0 Å². The van der Waals surface area contributed by atoms with Crippen LogP contribution in [0, 0.1) is 5.92 Å². The lowest BCUT2D eigenvalue weighted by molar-refractivity contribution is -0.142. The molecule has 1 heterocycles. The molecule has 0 aliphatic heterocycles. The minimum Gasteiger partial charge on any atom is -0.353 e. The van der Waals surface area contributed by atoms with Crippen LogP contribution in [0.5, 0.6) is 0 Å². The molecule has 1 unspecified atom stereocenters. The van der Waals surface area contributed by atoms with Crippen LogP contribution < -0.4 is 5.32 Å². The fraction of sp³-hybridized carbons (Fsp3) is 0.778. The van der Waals surface area contributed by atoms with Crippen molar-refractivity contribution in [3.05, 3.63) is 17.0 Å². The van der Waals surface area contributed by atoms with Crippen LogP contribution >= 0.6 is 12.4 Å². The van der Waals surface area contributed by atoms with Crippen molar-refractivity contribution >= 4 is 18.3 Å². The quantitative estimate of drug-likeness (QED) is 0.732. The molecule has 1 aromatic rings. The van der Waals surface area contributed by atoms with Gasteiger partial charge in [0, 0.05) is 23.8 Å². The summed E-state index contributed by atoms with van der Waals surface area (Å²) in [6.45, 7) is 4.43. The highest BCUT2D eigenvalue weighted by Gasteiger charge is 2.39. The number of hydrogen-bond acceptors (Lipinski definition) is 3. The number of nitrogens with one attached hydrogen (secondary N) is 1. The van der Waals surface area contributed by atoms with E-state index >= 15 is 0 Å². The van der Waals surface area contributed by atoms with E-state index in [2.05, 4.69) is 24.3 Å². The number of amides is 1. The van der Waals surface area contributed by atoms with Crippen LogP contribution in [0.4, 0.5) is 13.2 Å². The van der Waals surface area contributed by atoms with E-state index in [1.54, 1.807) is 0 Å². The molecule has 9 heteroatoms. The van der Waals surface area contributed by atoms with E-state index in [1.807, 2.05) is 19.0 Å². The lowest BCUT2D eigenvalue weighted by Gasteiger charge is -2.28. The zero-order chi connectivity index (χ0) is 19.5. The summed E-state index contributed by atoms with van der Waals surface area (Å²) >= 11 is 0. The second kappa shape index (κ2) is 9.78. The highest BCUT2D eigenvalue weighted by Crippen LogP contribution is 2.35. The van der Waals surface area contributed by atoms with Crippen molar-refractivity contribution in [1.82, 2.24) is 20.0 Å². The van der Waals surface area contributed by atoms with Crippen LogP contribution in [0.3, 0.4) is 0 Å². The molecule has 0 spiro atoms. The lowest BCUT2D eigenvalue weighted by Crippen LogP contribution is -2.44. The fourth-order valence-corrected chi connectivity index (χ4v) is 3.63. The van der Waals surface area contributed by atoms with Crippen molar-refractivity contribution < 1.29 is 18.0 Å². The molecule has 1 aliphatic rings. The van der Waals surface area contributed by atoms with Crippen LogP contribution in [-0.2, 0) is 30.4 Å². The van der Waals surface area contributed by atoms with Gasteiger partial charge in [0.15, 0.2) is 5.69 Å². The SMILES string of the molecule is CC(C)C(CNC(=O)Cn1nc(C(F)(F)F)c2c1CCCCC2)N(C)C.Cl. The van der Waals surface area contributed by atoms with Gasteiger partial charge in [-0.25, -0.2) is 0 Å². The van der Waals surface area contributed by atoms with Crippen molar-refractivity contribution in [2.45, 2.75) is 64.7 Å². The van der Waals surface area contributed by atoms with Crippen LogP contribution in [0.15, 0.2) is 0 Å². The predicted octanol–water partition coefficient (Wildman–Crippen LogP) is 3.30. The van der Waals surface area contributed by atoms with Crippen LogP contribution in [0.2, 0.25) is 0 Å². The Morgan fingerprint density at radius 1 is 1.22 bits per heavy atom. The maximum absolute atomic E-state index is 13.3. The molecule has 1 aromatic heterocycles. The van der Waals surface area contributed by atoms with Crippen LogP contribution in [0.25, 0.3) is 0 Å². The van der Waals surface area contributed by atoms with E-state index in [9.17, 15) is 18.0 Å². The molecular weight excluding hydrogens is 381 g/mol. The number of rotatable bonds is 6. The Labute approximate surface area is 165 Å². The third-order valence-electron chi connectivity index (χ3n) is 5.01. The molecule has 1 N–H and O–H groups in total. The van der Waals surface area contributed by atoms with E-state index in [0.29, 0.717) is 31.0 Å². The summed E-state index contributed by atoms with van der Waals surface area (Å²) in [5.41, 5.74) is 0.0182. The number of likely N-dealkylation sites (N-methyl/N-ethyl adjacent to an activating group) is 1. The Hall–Kier alpha value is -1.28. The average Bonchev–Trinajstić information content (AvgIpc) is 2.69. The van der Waals surface area contributed by atoms with Crippen LogP contribution in [-0.4, -0.2) is 47.3 Å². The molecule has 0 saturated heterocycles. The molecular formula is C18H30ClF3N4O. The maximum Gasteiger partial charge on any atom is 0.435 e. The van der Waals surface area contributed by atoms with Gasteiger partial charge < -0.3 is 10.2 Å². The molecule has 2 rings (SSSR count). The Morgan fingerprint density at radius 2 is 1.85 bits per heavy atom. The van der Waals surface area contributed by atoms with Crippen molar-refractivity contribution in [2.24, 2.45) is 5.92 Å². The zero-order valence-electron chi connectivity index (χ0n) is 16.4. The minimum atomic E-state index is -4.48. The third kappa shape index (κ3) is 6.10. The first kappa shape index (κ1) is 23.8. The van der Waals surface area contributed by atoms with Crippen LogP contribution in [0.1, 0.15) is 50.1 Å². The maximum atomic E-state index is 13.3. The number of fused-ring (bicyclic) bond motifs is 1. The van der Waals surface area contributed by atoms with Gasteiger partial charge >= 0.3 is 6.18 Å². The predicted molar refractivity (Wildman–Crippen MR) is 101 cm³/mol. The Bertz CT molecular complexity index is 621. The van der Waals surface area contributed by atoms with E-state index < -0.39 is 11.9 Å². The van der Waals surface area contributed by atoms with Crippen molar-refractivity contribution in [2.75, 3.05) is 20.6 Å². The van der Waals surface area contributed by atoms with Crippen molar-refractivity contribution in [1.29, 1.82) is 0 Å². The number of carbonyl (C=O) groups excluding carboxylic acids is 1. The molecule has 0 aromatic carbocycles. The highest BCUT2D eigenvalue weighted by atomic mass is 35.5. The molecule has 1 aliphatic carbocycles. The summed E-state index contributed by atoms with van der Waals surface area (Å²) in [6, 6.07) is 0.166. The number of aromatic nitrogens is 2. The van der Waals surface area contributed by atoms with Crippen molar-refractivity contribution in [3.8, 4) is 0 Å². The normalized spacial score (nSPS) is 15.9. The Balaban J connectivity index is 0.00000364. The number of alkyl halides is 3. The van der Waals surface area contributed by atoms with Gasteiger partial charge in [-0.15, -0.1) is 12.4 Å². The van der Waals surface area contributed by atoms with Gasteiger partial charge in [-0.3, -0.25) is 9.48 Å². The second-order valence-corrected chi connectivity index (χ2v) is 7.57. The summed E-state index contributed by atoms with van der Waals surface area (Å²) in [6.07, 6.45) is -1.11. The van der Waals surface area contributed by atoms with Gasteiger partial charge in [0.05, 0.1) is 0 Å². The Morgan fingerprint density at radius 3 is 2.41 bits per heavy atom. The second-order valence-electron chi connectivity index (χ2n) is 7.57. The standard InChI is InChI=1S/C18H29F3N4O.ClH/c1-12(2)15(24(3)4)10-22-16(26)11-25-14-9-7-5-6-8-13(14)17(23-25)18(19,20)21;/h12,15H,5-11H2,1-4H3,(H,22,26);1H. The largest absolute Gasteiger partial charge is 0.435 e. The summed E-state index contributed by atoms with van der Waals surface area (Å²) in [5.74, 6) is 0.0453. The molecule has 1 amide bonds. The number of hydrogen-bond donors (Lipinski definition) is 1. The van der Waals surface area contributed by atoms with Gasteiger partial charge in [0.1, 0.15) is 6.54 Å². The highest BCUT2D eigenvalue weighted by molar-refractivity contribution is 5.85. The van der Waals surface area contributed by atoms with E-state index in [-0.39, 0.29) is 36.5 Å². The average molecular weight is 411 g/mol. The first-order valence-electron chi connectivity index (χ1n) is 9.20. The third-order valence-corrected chi connectivity index (χ3v) is 5.01. The summed E-state index contributed by atoms with van der Waals surface area (Å²) in [7, 11) is 3.89. The lowest BCUT2D eigenvalue weighted by atomic mass is 10.0. The van der Waals surface area contributed by atoms with E-state index in [0.717, 1.165) is 19.3 Å². The summed E-state index contributed by atoms with van der Waals surface area (Å²) in [5, 5.41) is 6.60. The number of nitrogens with zero attached hydrogens (tertiary/aromatic N) is 3. The Kier molecular flexibility index (Phi) is 8.60. The molecule has 27 heavy (non-hydrogen) atoms. The van der Waals surface area contributed by atoms with Gasteiger partial charge in [-0.1, -0.05) is 20.3 Å². The smallest absolute Gasteiger partial charge is 0.353 e. The first-order chi connectivity index (χ1) is 12.1. The molecule has 1 atom stereocenters. The summed E-state index contributed by atoms with van der Waals surface area (Å²) < 4.78 is 41.2. The zero-order valence-corrected chi connectivity index (χ0v) is 17.2. The molecule has 5 nitrogen and oxygen atoms in total. The van der Waals surface area contributed by atoms with Gasteiger partial charge in [0.25, 0.3) is 0 Å². The molecule has 0 bridgehead atoms. The van der Waals surface area contributed by atoms with E-state index in [1.165, 1.54) is 4.68 Å². The molecule has 0 fully saturated rings. The van der Waals surface area contributed by atoms with Gasteiger partial charge in [-0.2, -0.15) is 18.3 Å². The first-order valence-corrected chi connectivity index (χ1v) is 9.20. The number of carbonyl (C=O) groups is 1. The number of halogens is 4. The molecule has 0 radical (unpaired) electrons. The van der Waals surface area contributed by atoms with Gasteiger partial charge in [0.2, 0.25) is 5.91 Å². The minimum absolute atomic E-state index is 0. The van der Waals surface area contributed by atoms with Gasteiger partial charge in [-0.05, 0) is 45.7 Å². The fourth-order valence-electron chi connectivity index (χ4n) is 3.63. The molecule has 156 valence electrons. The van der Waals surface area contributed by atoms with E-state index in [4.69, 9.17) is 0 Å². The molecule has 0 saturated carbocycles. The topological polar surface area (TPSA) is 50.2 Å². The summed E-state index contributed by atoms with van der Waals surface area (Å²) in [4.78, 5) is 14.4. The monoisotopic (exact) mass is 410 g/mol.